The van der Waals surface area contributed by atoms with Crippen molar-refractivity contribution in [3.8, 4) is 0 Å². The van der Waals surface area contributed by atoms with Crippen LogP contribution in [0.1, 0.15) is 36.0 Å². The summed E-state index contributed by atoms with van der Waals surface area (Å²) >= 11 is 0. The molecule has 1 aromatic heterocycles. The maximum atomic E-state index is 12.4. The van der Waals surface area contributed by atoms with Crippen molar-refractivity contribution in [1.82, 2.24) is 4.98 Å². The van der Waals surface area contributed by atoms with Gasteiger partial charge in [-0.1, -0.05) is 12.8 Å². The minimum atomic E-state index is -1.17. The monoisotopic (exact) mass is 274 g/mol. The van der Waals surface area contributed by atoms with E-state index in [9.17, 15) is 19.5 Å². The third-order valence-electron chi connectivity index (χ3n) is 4.11. The Morgan fingerprint density at radius 1 is 1.20 bits per heavy atom. The van der Waals surface area contributed by atoms with Crippen molar-refractivity contribution in [2.75, 3.05) is 4.90 Å². The van der Waals surface area contributed by atoms with Crippen LogP contribution in [0.5, 0.6) is 0 Å². The maximum absolute atomic E-state index is 12.4. The van der Waals surface area contributed by atoms with Gasteiger partial charge in [0.2, 0.25) is 11.8 Å². The first kappa shape index (κ1) is 12.8. The number of fused-ring (bicyclic) bond motifs is 1. The summed E-state index contributed by atoms with van der Waals surface area (Å²) in [5.74, 6) is -2.32. The number of anilines is 1. The van der Waals surface area contributed by atoms with Crippen molar-refractivity contribution < 1.29 is 19.5 Å². The van der Waals surface area contributed by atoms with Crippen LogP contribution in [0, 0.1) is 11.8 Å². The number of imide groups is 1. The average Bonchev–Trinajstić information content (AvgIpc) is 2.71. The SMILES string of the molecule is O=C(O)c1ccncc1N1C(=O)C2CCCCC2C1=O. The second kappa shape index (κ2) is 4.70. The first-order valence-electron chi connectivity index (χ1n) is 6.66. The molecule has 1 aromatic rings. The molecule has 2 fully saturated rings. The van der Waals surface area contributed by atoms with Crippen molar-refractivity contribution in [2.24, 2.45) is 11.8 Å². The topological polar surface area (TPSA) is 87.6 Å². The largest absolute Gasteiger partial charge is 0.478 e. The number of carbonyl (C=O) groups excluding carboxylic acids is 2. The third-order valence-corrected chi connectivity index (χ3v) is 4.11. The summed E-state index contributed by atoms with van der Waals surface area (Å²) < 4.78 is 0. The molecule has 6 nitrogen and oxygen atoms in total. The number of aromatic nitrogens is 1. The van der Waals surface area contributed by atoms with Gasteiger partial charge in [-0.2, -0.15) is 0 Å². The highest BCUT2D eigenvalue weighted by Crippen LogP contribution is 2.40. The van der Waals surface area contributed by atoms with Crippen LogP contribution in [0.15, 0.2) is 18.5 Å². The molecule has 0 spiro atoms. The number of pyridine rings is 1. The smallest absolute Gasteiger partial charge is 0.337 e. The lowest BCUT2D eigenvalue weighted by atomic mass is 9.81. The Morgan fingerprint density at radius 3 is 2.35 bits per heavy atom. The van der Waals surface area contributed by atoms with E-state index in [0.717, 1.165) is 17.7 Å². The van der Waals surface area contributed by atoms with E-state index in [-0.39, 0.29) is 34.9 Å². The van der Waals surface area contributed by atoms with Crippen LogP contribution in [0.25, 0.3) is 0 Å². The van der Waals surface area contributed by atoms with Gasteiger partial charge in [0, 0.05) is 6.20 Å². The third kappa shape index (κ3) is 1.79. The van der Waals surface area contributed by atoms with Gasteiger partial charge in [0.1, 0.15) is 0 Å². The Kier molecular flexibility index (Phi) is 3.00. The molecule has 6 heteroatoms. The summed E-state index contributed by atoms with van der Waals surface area (Å²) in [6, 6.07) is 1.31. The summed E-state index contributed by atoms with van der Waals surface area (Å²) in [5.41, 5.74) is 0.0183. The number of nitrogens with zero attached hydrogens (tertiary/aromatic N) is 2. The van der Waals surface area contributed by atoms with E-state index in [2.05, 4.69) is 4.98 Å². The first-order chi connectivity index (χ1) is 9.61. The molecular weight excluding hydrogens is 260 g/mol. The van der Waals surface area contributed by atoms with Gasteiger partial charge in [-0.25, -0.2) is 9.69 Å². The summed E-state index contributed by atoms with van der Waals surface area (Å²) in [6.45, 7) is 0. The second-order valence-corrected chi connectivity index (χ2v) is 5.21. The number of rotatable bonds is 2. The maximum Gasteiger partial charge on any atom is 0.337 e. The predicted octanol–water partition coefficient (Wildman–Crippen LogP) is 1.46. The highest BCUT2D eigenvalue weighted by atomic mass is 16.4. The molecule has 0 aromatic carbocycles. The molecule has 2 unspecified atom stereocenters. The van der Waals surface area contributed by atoms with E-state index in [1.807, 2.05) is 0 Å². The fourth-order valence-electron chi connectivity index (χ4n) is 3.14. The Balaban J connectivity index is 2.04. The standard InChI is InChI=1S/C14H14N2O4/c17-12-8-3-1-2-4-9(8)13(18)16(12)11-7-15-6-5-10(11)14(19)20/h5-9H,1-4H2,(H,19,20). The fraction of sp³-hybridized carbons (Fsp3) is 0.429. The van der Waals surface area contributed by atoms with Crippen molar-refractivity contribution in [3.05, 3.63) is 24.0 Å². The zero-order valence-electron chi connectivity index (χ0n) is 10.8. The van der Waals surface area contributed by atoms with Crippen LogP contribution in [0.4, 0.5) is 5.69 Å². The van der Waals surface area contributed by atoms with Crippen LogP contribution in [0.2, 0.25) is 0 Å². The normalized spacial score (nSPS) is 25.7. The van der Waals surface area contributed by atoms with Gasteiger partial charge >= 0.3 is 5.97 Å². The molecule has 2 heterocycles. The molecule has 3 rings (SSSR count). The van der Waals surface area contributed by atoms with E-state index < -0.39 is 5.97 Å². The van der Waals surface area contributed by atoms with Gasteiger partial charge in [0.05, 0.1) is 29.3 Å². The number of carboxylic acids is 1. The lowest BCUT2D eigenvalue weighted by molar-refractivity contribution is -0.122. The zero-order chi connectivity index (χ0) is 14.3. The van der Waals surface area contributed by atoms with Crippen LogP contribution in [0.3, 0.4) is 0 Å². The van der Waals surface area contributed by atoms with Crippen LogP contribution < -0.4 is 4.90 Å². The lowest BCUT2D eigenvalue weighted by Crippen LogP contribution is -2.32. The van der Waals surface area contributed by atoms with E-state index >= 15 is 0 Å². The zero-order valence-corrected chi connectivity index (χ0v) is 10.8. The second-order valence-electron chi connectivity index (χ2n) is 5.21. The highest BCUT2D eigenvalue weighted by molar-refractivity contribution is 6.23. The summed E-state index contributed by atoms with van der Waals surface area (Å²) in [6.07, 6.45) is 5.89. The number of carbonyl (C=O) groups is 3. The highest BCUT2D eigenvalue weighted by Gasteiger charge is 2.49. The van der Waals surface area contributed by atoms with Crippen molar-refractivity contribution in [3.63, 3.8) is 0 Å². The van der Waals surface area contributed by atoms with Crippen molar-refractivity contribution >= 4 is 23.5 Å². The molecule has 104 valence electrons. The minimum absolute atomic E-state index is 0.0691. The van der Waals surface area contributed by atoms with Gasteiger partial charge in [-0.15, -0.1) is 0 Å². The molecule has 0 radical (unpaired) electrons. The summed E-state index contributed by atoms with van der Waals surface area (Å²) in [7, 11) is 0. The molecular formula is C14H14N2O4. The minimum Gasteiger partial charge on any atom is -0.478 e. The van der Waals surface area contributed by atoms with Gasteiger partial charge in [-0.05, 0) is 18.9 Å². The number of carboxylic acid groups (broad SMARTS) is 1. The molecule has 20 heavy (non-hydrogen) atoms. The molecule has 1 aliphatic carbocycles. The molecule has 1 aliphatic heterocycles. The Labute approximate surface area is 115 Å². The van der Waals surface area contributed by atoms with Gasteiger partial charge in [0.25, 0.3) is 0 Å². The number of hydrogen-bond donors (Lipinski definition) is 1. The Hall–Kier alpha value is -2.24. The molecule has 2 aliphatic rings. The van der Waals surface area contributed by atoms with Crippen molar-refractivity contribution in [1.29, 1.82) is 0 Å². The van der Waals surface area contributed by atoms with E-state index in [4.69, 9.17) is 0 Å². The Bertz CT molecular complexity index is 575. The number of hydrogen-bond acceptors (Lipinski definition) is 4. The molecule has 1 saturated carbocycles. The molecule has 2 atom stereocenters. The number of amides is 2. The molecule has 1 N–H and O–H groups in total. The summed E-state index contributed by atoms with van der Waals surface area (Å²) in [5, 5.41) is 9.18. The van der Waals surface area contributed by atoms with Crippen molar-refractivity contribution in [2.45, 2.75) is 25.7 Å². The fourth-order valence-corrected chi connectivity index (χ4v) is 3.14. The predicted molar refractivity (Wildman–Crippen MR) is 69.1 cm³/mol. The first-order valence-corrected chi connectivity index (χ1v) is 6.66. The average molecular weight is 274 g/mol. The van der Waals surface area contributed by atoms with Crippen LogP contribution >= 0.6 is 0 Å². The van der Waals surface area contributed by atoms with Crippen LogP contribution in [-0.4, -0.2) is 27.9 Å². The molecule has 1 saturated heterocycles. The molecule has 0 bridgehead atoms. The summed E-state index contributed by atoms with van der Waals surface area (Å²) in [4.78, 5) is 40.9. The molecule has 2 amide bonds. The van der Waals surface area contributed by atoms with E-state index in [1.165, 1.54) is 18.5 Å². The van der Waals surface area contributed by atoms with E-state index in [0.29, 0.717) is 12.8 Å². The van der Waals surface area contributed by atoms with Gasteiger partial charge in [-0.3, -0.25) is 14.6 Å². The van der Waals surface area contributed by atoms with E-state index in [1.54, 1.807) is 0 Å². The Morgan fingerprint density at radius 2 is 1.80 bits per heavy atom. The number of aromatic carboxylic acids is 1. The van der Waals surface area contributed by atoms with Gasteiger partial charge in [0.15, 0.2) is 0 Å². The van der Waals surface area contributed by atoms with Gasteiger partial charge < -0.3 is 5.11 Å². The lowest BCUT2D eigenvalue weighted by Gasteiger charge is -2.19. The van der Waals surface area contributed by atoms with Crippen LogP contribution in [-0.2, 0) is 9.59 Å². The quantitative estimate of drug-likeness (QED) is 0.825.